The maximum absolute atomic E-state index is 5.09. The first kappa shape index (κ1) is 22.9. The summed E-state index contributed by atoms with van der Waals surface area (Å²) in [6.45, 7) is 0. The molecule has 0 bridgehead atoms. The van der Waals surface area contributed by atoms with Crippen LogP contribution in [0.4, 0.5) is 0 Å². The molecule has 0 radical (unpaired) electrons. The van der Waals surface area contributed by atoms with Crippen LogP contribution in [0.2, 0.25) is 0 Å². The van der Waals surface area contributed by atoms with Crippen molar-refractivity contribution in [1.29, 1.82) is 0 Å². The summed E-state index contributed by atoms with van der Waals surface area (Å²) in [7, 11) is 0. The molecule has 0 spiro atoms. The molecule has 2 nitrogen and oxygen atoms in total. The van der Waals surface area contributed by atoms with E-state index in [9.17, 15) is 0 Å². The fourth-order valence-electron chi connectivity index (χ4n) is 5.34. The Morgan fingerprint density at radius 2 is 0.872 bits per heavy atom. The Kier molecular flexibility index (Phi) is 5.84. The van der Waals surface area contributed by atoms with E-state index >= 15 is 0 Å². The second-order valence-corrected chi connectivity index (χ2v) is 9.67. The fraction of sp³-hybridized carbons (Fsp3) is 0. The molecule has 0 saturated heterocycles. The molecule has 2 heteroatoms. The minimum atomic E-state index is 0.937. The monoisotopic (exact) mass is 498 g/mol. The van der Waals surface area contributed by atoms with Gasteiger partial charge in [-0.05, 0) is 64.2 Å². The van der Waals surface area contributed by atoms with Crippen molar-refractivity contribution in [2.75, 3.05) is 0 Å². The van der Waals surface area contributed by atoms with Crippen LogP contribution in [-0.2, 0) is 0 Å². The van der Waals surface area contributed by atoms with Gasteiger partial charge in [0.15, 0.2) is 0 Å². The Labute approximate surface area is 228 Å². The van der Waals surface area contributed by atoms with Crippen LogP contribution in [0.5, 0.6) is 0 Å². The van der Waals surface area contributed by atoms with Crippen LogP contribution in [0.25, 0.3) is 61.5 Å². The Morgan fingerprint density at radius 1 is 0.385 bits per heavy atom. The van der Waals surface area contributed by atoms with E-state index in [2.05, 4.69) is 156 Å². The Hall–Kier alpha value is -5.21. The molecular weight excluding hydrogens is 472 g/mol. The molecule has 0 aliphatic rings. The summed E-state index contributed by atoms with van der Waals surface area (Å²) >= 11 is 0. The van der Waals surface area contributed by atoms with E-state index in [-0.39, 0.29) is 0 Å². The van der Waals surface area contributed by atoms with Crippen molar-refractivity contribution < 1.29 is 0 Å². The Bertz CT molecular complexity index is 1830. The molecule has 7 rings (SSSR count). The summed E-state index contributed by atoms with van der Waals surface area (Å²) < 4.78 is 2.30. The average Bonchev–Trinajstić information content (AvgIpc) is 3.42. The summed E-state index contributed by atoms with van der Waals surface area (Å²) in [4.78, 5) is 5.09. The molecule has 1 heterocycles. The van der Waals surface area contributed by atoms with Crippen LogP contribution < -0.4 is 0 Å². The van der Waals surface area contributed by atoms with Crippen molar-refractivity contribution in [3.63, 3.8) is 0 Å². The summed E-state index contributed by atoms with van der Waals surface area (Å²) in [5, 5.41) is 0. The number of rotatable bonds is 5. The standard InChI is InChI=1S/C37H26N2/c1-4-14-27(15-5-1)30-24-31(28-16-6-2-7-17-28)26-32(25-30)33-20-10-12-22-35(33)39-36-23-13-11-21-34(36)38-37(39)29-18-8-3-9-19-29/h1-26H. The highest BCUT2D eigenvalue weighted by Gasteiger charge is 2.18. The molecular formula is C37H26N2. The molecule has 0 N–H and O–H groups in total. The van der Waals surface area contributed by atoms with Gasteiger partial charge in [-0.25, -0.2) is 4.98 Å². The van der Waals surface area contributed by atoms with Gasteiger partial charge < -0.3 is 0 Å². The second kappa shape index (κ2) is 9.92. The van der Waals surface area contributed by atoms with E-state index in [4.69, 9.17) is 4.98 Å². The van der Waals surface area contributed by atoms with Crippen molar-refractivity contribution in [2.24, 2.45) is 0 Å². The highest BCUT2D eigenvalue weighted by molar-refractivity contribution is 5.88. The van der Waals surface area contributed by atoms with Crippen molar-refractivity contribution in [1.82, 2.24) is 9.55 Å². The average molecular weight is 499 g/mol. The van der Waals surface area contributed by atoms with Gasteiger partial charge in [-0.3, -0.25) is 4.57 Å². The lowest BCUT2D eigenvalue weighted by atomic mass is 9.92. The molecule has 0 fully saturated rings. The van der Waals surface area contributed by atoms with Crippen LogP contribution in [-0.4, -0.2) is 9.55 Å². The third kappa shape index (κ3) is 4.32. The van der Waals surface area contributed by atoms with Gasteiger partial charge >= 0.3 is 0 Å². The zero-order valence-corrected chi connectivity index (χ0v) is 21.4. The van der Waals surface area contributed by atoms with E-state index in [0.717, 1.165) is 33.7 Å². The molecule has 0 saturated carbocycles. The van der Waals surface area contributed by atoms with Crippen LogP contribution in [0, 0.1) is 0 Å². The molecule has 0 aliphatic heterocycles. The van der Waals surface area contributed by atoms with Crippen molar-refractivity contribution >= 4 is 11.0 Å². The summed E-state index contributed by atoms with van der Waals surface area (Å²) in [5.41, 5.74) is 11.4. The maximum Gasteiger partial charge on any atom is 0.145 e. The number of para-hydroxylation sites is 3. The van der Waals surface area contributed by atoms with E-state index in [1.54, 1.807) is 0 Å². The number of hydrogen-bond acceptors (Lipinski definition) is 1. The minimum absolute atomic E-state index is 0.937. The van der Waals surface area contributed by atoms with Gasteiger partial charge in [0.2, 0.25) is 0 Å². The van der Waals surface area contributed by atoms with Gasteiger partial charge in [0.05, 0.1) is 16.7 Å². The first-order valence-electron chi connectivity index (χ1n) is 13.2. The SMILES string of the molecule is c1ccc(-c2cc(-c3ccccc3)cc(-c3ccccc3-n3c(-c4ccccc4)nc4ccccc43)c2)cc1. The zero-order chi connectivity index (χ0) is 26.0. The second-order valence-electron chi connectivity index (χ2n) is 9.67. The summed E-state index contributed by atoms with van der Waals surface area (Å²) in [5.74, 6) is 0.937. The predicted octanol–water partition coefficient (Wildman–Crippen LogP) is 9.69. The van der Waals surface area contributed by atoms with Crippen molar-refractivity contribution in [3.05, 3.63) is 158 Å². The van der Waals surface area contributed by atoms with Crippen LogP contribution in [0.15, 0.2) is 158 Å². The highest BCUT2D eigenvalue weighted by Crippen LogP contribution is 2.38. The number of fused-ring (bicyclic) bond motifs is 1. The first-order chi connectivity index (χ1) is 19.3. The number of aromatic nitrogens is 2. The van der Waals surface area contributed by atoms with Gasteiger partial charge in [0.1, 0.15) is 5.82 Å². The molecule has 1 aromatic heterocycles. The normalized spacial score (nSPS) is 11.1. The lowest BCUT2D eigenvalue weighted by Gasteiger charge is -2.17. The van der Waals surface area contributed by atoms with Crippen LogP contribution >= 0.6 is 0 Å². The smallest absolute Gasteiger partial charge is 0.145 e. The van der Waals surface area contributed by atoms with E-state index in [1.807, 2.05) is 6.07 Å². The maximum atomic E-state index is 5.09. The highest BCUT2D eigenvalue weighted by atomic mass is 15.1. The van der Waals surface area contributed by atoms with Crippen molar-refractivity contribution in [3.8, 4) is 50.5 Å². The number of benzene rings is 6. The zero-order valence-electron chi connectivity index (χ0n) is 21.4. The molecule has 0 aliphatic carbocycles. The van der Waals surface area contributed by atoms with Gasteiger partial charge in [0.25, 0.3) is 0 Å². The molecule has 39 heavy (non-hydrogen) atoms. The van der Waals surface area contributed by atoms with Crippen molar-refractivity contribution in [2.45, 2.75) is 0 Å². The number of imidazole rings is 1. The summed E-state index contributed by atoms with van der Waals surface area (Å²) in [6, 6.07) is 55.6. The minimum Gasteiger partial charge on any atom is -0.292 e. The van der Waals surface area contributed by atoms with Gasteiger partial charge in [-0.2, -0.15) is 0 Å². The summed E-state index contributed by atoms with van der Waals surface area (Å²) in [6.07, 6.45) is 0. The Balaban J connectivity index is 1.50. The quantitative estimate of drug-likeness (QED) is 0.231. The third-order valence-electron chi connectivity index (χ3n) is 7.20. The molecule has 0 atom stereocenters. The number of hydrogen-bond donors (Lipinski definition) is 0. The molecule has 184 valence electrons. The topological polar surface area (TPSA) is 17.8 Å². The lowest BCUT2D eigenvalue weighted by molar-refractivity contribution is 1.10. The van der Waals surface area contributed by atoms with Crippen LogP contribution in [0.3, 0.4) is 0 Å². The molecule has 0 unspecified atom stereocenters. The molecule has 0 amide bonds. The van der Waals surface area contributed by atoms with E-state index in [1.165, 1.54) is 27.8 Å². The van der Waals surface area contributed by atoms with Crippen LogP contribution in [0.1, 0.15) is 0 Å². The largest absolute Gasteiger partial charge is 0.292 e. The fourth-order valence-corrected chi connectivity index (χ4v) is 5.34. The first-order valence-corrected chi connectivity index (χ1v) is 13.2. The van der Waals surface area contributed by atoms with E-state index in [0.29, 0.717) is 0 Å². The Morgan fingerprint density at radius 3 is 1.51 bits per heavy atom. The molecule has 7 aromatic rings. The van der Waals surface area contributed by atoms with Gasteiger partial charge in [-0.15, -0.1) is 0 Å². The van der Waals surface area contributed by atoms with Gasteiger partial charge in [0, 0.05) is 11.1 Å². The van der Waals surface area contributed by atoms with E-state index < -0.39 is 0 Å². The lowest BCUT2D eigenvalue weighted by Crippen LogP contribution is -2.00. The van der Waals surface area contributed by atoms with Gasteiger partial charge in [-0.1, -0.05) is 121 Å². The number of nitrogens with zero attached hydrogens (tertiary/aromatic N) is 2. The molecule has 6 aromatic carbocycles. The third-order valence-corrected chi connectivity index (χ3v) is 7.20. The predicted molar refractivity (Wildman–Crippen MR) is 163 cm³/mol.